The van der Waals surface area contributed by atoms with Gasteiger partial charge in [-0.2, -0.15) is 9.61 Å². The maximum atomic E-state index is 5.60. The first-order valence-corrected chi connectivity index (χ1v) is 8.69. The van der Waals surface area contributed by atoms with Crippen molar-refractivity contribution < 1.29 is 4.74 Å². The monoisotopic (exact) mass is 348 g/mol. The highest BCUT2D eigenvalue weighted by Gasteiger charge is 2.14. The van der Waals surface area contributed by atoms with Crippen LogP contribution in [0.4, 0.5) is 0 Å². The highest BCUT2D eigenvalue weighted by atomic mass is 32.1. The first-order chi connectivity index (χ1) is 12.2. The normalized spacial score (nSPS) is 10.9. The van der Waals surface area contributed by atoms with Gasteiger partial charge in [-0.1, -0.05) is 59.9 Å². The Kier molecular flexibility index (Phi) is 4.03. The molecule has 0 bridgehead atoms. The number of aryl methyl sites for hydroxylation is 1. The van der Waals surface area contributed by atoms with Crippen LogP contribution in [0.1, 0.15) is 5.56 Å². The molecule has 0 unspecified atom stereocenters. The van der Waals surface area contributed by atoms with E-state index in [9.17, 15) is 0 Å². The summed E-state index contributed by atoms with van der Waals surface area (Å²) < 4.78 is 7.40. The van der Waals surface area contributed by atoms with Crippen LogP contribution in [0.25, 0.3) is 26.9 Å². The zero-order valence-electron chi connectivity index (χ0n) is 13.7. The van der Waals surface area contributed by atoms with Crippen molar-refractivity contribution in [2.75, 3.05) is 6.61 Å². The minimum atomic E-state index is 0.478. The highest BCUT2D eigenvalue weighted by molar-refractivity contribution is 7.19. The van der Waals surface area contributed by atoms with Crippen molar-refractivity contribution in [3.05, 3.63) is 66.7 Å². The van der Waals surface area contributed by atoms with Gasteiger partial charge in [-0.15, -0.1) is 10.2 Å². The molecule has 5 nitrogen and oxygen atoms in total. The summed E-state index contributed by atoms with van der Waals surface area (Å²) in [6, 6.07) is 16.0. The van der Waals surface area contributed by atoms with E-state index in [2.05, 4.69) is 35.8 Å². The van der Waals surface area contributed by atoms with Crippen molar-refractivity contribution in [3.8, 4) is 27.7 Å². The van der Waals surface area contributed by atoms with Crippen LogP contribution in [0.15, 0.2) is 61.2 Å². The van der Waals surface area contributed by atoms with Gasteiger partial charge in [0.05, 0.1) is 0 Å². The number of aromatic nitrogens is 4. The fourth-order valence-corrected chi connectivity index (χ4v) is 3.41. The molecule has 2 aromatic carbocycles. The maximum absolute atomic E-state index is 5.60. The van der Waals surface area contributed by atoms with Gasteiger partial charge in [0.25, 0.3) is 0 Å². The quantitative estimate of drug-likeness (QED) is 0.502. The molecule has 0 amide bonds. The first-order valence-electron chi connectivity index (χ1n) is 7.88. The second-order valence-corrected chi connectivity index (χ2v) is 6.58. The second kappa shape index (κ2) is 6.49. The number of nitrogens with zero attached hydrogens (tertiary/aromatic N) is 4. The molecule has 4 rings (SSSR count). The van der Waals surface area contributed by atoms with Gasteiger partial charge in [-0.25, -0.2) is 0 Å². The molecule has 124 valence electrons. The van der Waals surface area contributed by atoms with Gasteiger partial charge in [-0.3, -0.25) is 0 Å². The Hall–Kier alpha value is -2.99. The molecule has 6 heteroatoms. The van der Waals surface area contributed by atoms with Gasteiger partial charge in [0.2, 0.25) is 4.96 Å². The Morgan fingerprint density at radius 3 is 2.80 bits per heavy atom. The minimum Gasteiger partial charge on any atom is -0.490 e. The van der Waals surface area contributed by atoms with Crippen molar-refractivity contribution in [3.63, 3.8) is 0 Å². The molecule has 0 aliphatic heterocycles. The average Bonchev–Trinajstić information content (AvgIpc) is 3.21. The molecule has 4 aromatic rings. The first kappa shape index (κ1) is 15.5. The van der Waals surface area contributed by atoms with Crippen molar-refractivity contribution in [2.45, 2.75) is 6.92 Å². The predicted molar refractivity (Wildman–Crippen MR) is 100.0 cm³/mol. The molecule has 0 radical (unpaired) electrons. The lowest BCUT2D eigenvalue weighted by molar-refractivity contribution is 0.363. The molecule has 25 heavy (non-hydrogen) atoms. The SMILES string of the molecule is C=CCOc1cccc(-c2nn3c(-c4cccc(C)c4)nnc3s2)c1. The summed E-state index contributed by atoms with van der Waals surface area (Å²) in [4.78, 5) is 0.768. The van der Waals surface area contributed by atoms with Crippen LogP contribution >= 0.6 is 11.3 Å². The van der Waals surface area contributed by atoms with E-state index in [1.54, 1.807) is 10.6 Å². The summed E-state index contributed by atoms with van der Waals surface area (Å²) in [5, 5.41) is 14.1. The molecule has 0 atom stereocenters. The Bertz CT molecular complexity index is 1050. The van der Waals surface area contributed by atoms with Gasteiger partial charge in [0.15, 0.2) is 5.82 Å². The predicted octanol–water partition coefficient (Wildman–Crippen LogP) is 4.39. The molecule has 2 heterocycles. The van der Waals surface area contributed by atoms with E-state index in [-0.39, 0.29) is 0 Å². The van der Waals surface area contributed by atoms with E-state index in [0.29, 0.717) is 6.61 Å². The smallest absolute Gasteiger partial charge is 0.235 e. The average molecular weight is 348 g/mol. The number of ether oxygens (including phenoxy) is 1. The maximum Gasteiger partial charge on any atom is 0.235 e. The summed E-state index contributed by atoms with van der Waals surface area (Å²) in [6.45, 7) is 6.21. The topological polar surface area (TPSA) is 52.3 Å². The summed E-state index contributed by atoms with van der Waals surface area (Å²) in [5.74, 6) is 1.54. The standard InChI is InChI=1S/C19H16N4OS/c1-3-10-24-16-9-5-8-15(12-16)18-22-23-17(20-21-19(23)25-18)14-7-4-6-13(2)11-14/h3-9,11-12H,1,10H2,2H3. The third-order valence-electron chi connectivity index (χ3n) is 3.72. The Morgan fingerprint density at radius 2 is 1.96 bits per heavy atom. The van der Waals surface area contributed by atoms with E-state index in [0.717, 1.165) is 32.7 Å². The third kappa shape index (κ3) is 3.04. The van der Waals surface area contributed by atoms with Crippen molar-refractivity contribution >= 4 is 16.3 Å². The summed E-state index contributed by atoms with van der Waals surface area (Å²) in [7, 11) is 0. The summed E-state index contributed by atoms with van der Waals surface area (Å²) >= 11 is 1.51. The molecule has 0 fully saturated rings. The Morgan fingerprint density at radius 1 is 1.12 bits per heavy atom. The van der Waals surface area contributed by atoms with Gasteiger partial charge in [-0.05, 0) is 25.1 Å². The number of fused-ring (bicyclic) bond motifs is 1. The van der Waals surface area contributed by atoms with Crippen LogP contribution in [-0.4, -0.2) is 26.4 Å². The lowest BCUT2D eigenvalue weighted by Crippen LogP contribution is -1.93. The van der Waals surface area contributed by atoms with Gasteiger partial charge < -0.3 is 4.74 Å². The molecule has 2 aromatic heterocycles. The second-order valence-electron chi connectivity index (χ2n) is 5.62. The number of benzene rings is 2. The van der Waals surface area contributed by atoms with E-state index >= 15 is 0 Å². The van der Waals surface area contributed by atoms with Crippen molar-refractivity contribution in [1.82, 2.24) is 19.8 Å². The van der Waals surface area contributed by atoms with Crippen molar-refractivity contribution in [1.29, 1.82) is 0 Å². The van der Waals surface area contributed by atoms with Crippen LogP contribution < -0.4 is 4.74 Å². The fourth-order valence-electron chi connectivity index (χ4n) is 2.57. The molecular formula is C19H16N4OS. The summed E-state index contributed by atoms with van der Waals surface area (Å²) in [6.07, 6.45) is 1.73. The molecule has 0 aliphatic carbocycles. The lowest BCUT2D eigenvalue weighted by Gasteiger charge is -2.04. The van der Waals surface area contributed by atoms with Crippen LogP contribution in [-0.2, 0) is 0 Å². The minimum absolute atomic E-state index is 0.478. The summed E-state index contributed by atoms with van der Waals surface area (Å²) in [5.41, 5.74) is 3.18. The van der Waals surface area contributed by atoms with Crippen LogP contribution in [0.3, 0.4) is 0 Å². The number of hydrogen-bond acceptors (Lipinski definition) is 5. The lowest BCUT2D eigenvalue weighted by atomic mass is 10.1. The van der Waals surface area contributed by atoms with Gasteiger partial charge in [0.1, 0.15) is 17.4 Å². The fraction of sp³-hybridized carbons (Fsp3) is 0.105. The number of rotatable bonds is 5. The zero-order valence-corrected chi connectivity index (χ0v) is 14.5. The molecule has 0 spiro atoms. The van der Waals surface area contributed by atoms with Gasteiger partial charge >= 0.3 is 0 Å². The van der Waals surface area contributed by atoms with Gasteiger partial charge in [0, 0.05) is 11.1 Å². The largest absolute Gasteiger partial charge is 0.490 e. The third-order valence-corrected chi connectivity index (χ3v) is 4.66. The van der Waals surface area contributed by atoms with E-state index in [4.69, 9.17) is 9.84 Å². The zero-order chi connectivity index (χ0) is 17.2. The van der Waals surface area contributed by atoms with Crippen LogP contribution in [0, 0.1) is 6.92 Å². The van der Waals surface area contributed by atoms with Crippen LogP contribution in [0.5, 0.6) is 5.75 Å². The molecule has 0 aliphatic rings. The van der Waals surface area contributed by atoms with Crippen LogP contribution in [0.2, 0.25) is 0 Å². The molecule has 0 N–H and O–H groups in total. The molecular weight excluding hydrogens is 332 g/mol. The van der Waals surface area contributed by atoms with E-state index in [1.807, 2.05) is 36.4 Å². The Labute approximate surface area is 149 Å². The van der Waals surface area contributed by atoms with Crippen molar-refractivity contribution in [2.24, 2.45) is 0 Å². The number of hydrogen-bond donors (Lipinski definition) is 0. The molecule has 0 saturated carbocycles. The van der Waals surface area contributed by atoms with E-state index in [1.165, 1.54) is 16.9 Å². The highest BCUT2D eigenvalue weighted by Crippen LogP contribution is 2.30. The van der Waals surface area contributed by atoms with E-state index < -0.39 is 0 Å². The molecule has 0 saturated heterocycles. The Balaban J connectivity index is 1.74.